The summed E-state index contributed by atoms with van der Waals surface area (Å²) in [6, 6.07) is 0. The summed E-state index contributed by atoms with van der Waals surface area (Å²) in [7, 11) is 2.60. The van der Waals surface area contributed by atoms with E-state index in [0.717, 1.165) is 0 Å². The Morgan fingerprint density at radius 3 is 1.40 bits per heavy atom. The van der Waals surface area contributed by atoms with Gasteiger partial charge in [0.1, 0.15) is 0 Å². The lowest BCUT2D eigenvalue weighted by Crippen LogP contribution is -2.05. The van der Waals surface area contributed by atoms with E-state index in [1.165, 1.54) is 0 Å². The smallest absolute Gasteiger partial charge is 0.154 e. The molecule has 0 aliphatic carbocycles. The second-order valence-corrected chi connectivity index (χ2v) is 3.26. The standard InChI is InChI=1S/C4H10O2.C2H6OS/c1-4(5-2)6-3;1-4(2)3/h4H,1-3H3;1-2H3. The first-order valence-electron chi connectivity index (χ1n) is 2.85. The van der Waals surface area contributed by atoms with E-state index in [4.69, 9.17) is 0 Å². The molecule has 3 nitrogen and oxygen atoms in total. The molecular formula is C6H16O3S. The molecule has 64 valence electrons. The van der Waals surface area contributed by atoms with E-state index in [1.807, 2.05) is 6.92 Å². The summed E-state index contributed by atoms with van der Waals surface area (Å²) in [4.78, 5) is 0. The maximum absolute atomic E-state index is 9.56. The van der Waals surface area contributed by atoms with E-state index >= 15 is 0 Å². The molecule has 0 aromatic heterocycles. The molecule has 0 atom stereocenters. The second kappa shape index (κ2) is 9.07. The van der Waals surface area contributed by atoms with Gasteiger partial charge in [-0.25, -0.2) is 0 Å². The molecule has 0 spiro atoms. The Balaban J connectivity index is 0. The maximum atomic E-state index is 9.56. The second-order valence-electron chi connectivity index (χ2n) is 1.78. The quantitative estimate of drug-likeness (QED) is 0.567. The van der Waals surface area contributed by atoms with Crippen molar-refractivity contribution >= 4 is 10.8 Å². The van der Waals surface area contributed by atoms with Crippen LogP contribution < -0.4 is 0 Å². The van der Waals surface area contributed by atoms with Crippen molar-refractivity contribution in [2.45, 2.75) is 13.2 Å². The van der Waals surface area contributed by atoms with Gasteiger partial charge in [0.15, 0.2) is 6.29 Å². The topological polar surface area (TPSA) is 35.5 Å². The zero-order chi connectivity index (χ0) is 8.57. The molecule has 0 saturated heterocycles. The minimum absolute atomic E-state index is 0.0648. The lowest BCUT2D eigenvalue weighted by molar-refractivity contribution is -0.0877. The summed E-state index contributed by atoms with van der Waals surface area (Å²) < 4.78 is 18.9. The fraction of sp³-hybridized carbons (Fsp3) is 1.00. The average molecular weight is 168 g/mol. The van der Waals surface area contributed by atoms with E-state index < -0.39 is 10.8 Å². The molecule has 0 aromatic rings. The molecule has 0 saturated carbocycles. The molecule has 0 aliphatic heterocycles. The third-order valence-electron chi connectivity index (χ3n) is 0.664. The first kappa shape index (κ1) is 12.7. The molecule has 0 radical (unpaired) electrons. The molecule has 0 N–H and O–H groups in total. The van der Waals surface area contributed by atoms with E-state index in [-0.39, 0.29) is 6.29 Å². The maximum Gasteiger partial charge on any atom is 0.154 e. The van der Waals surface area contributed by atoms with Crippen molar-refractivity contribution in [2.24, 2.45) is 0 Å². The summed E-state index contributed by atoms with van der Waals surface area (Å²) in [6.45, 7) is 1.83. The van der Waals surface area contributed by atoms with Crippen LogP contribution in [-0.4, -0.2) is 37.2 Å². The van der Waals surface area contributed by atoms with Crippen molar-refractivity contribution in [2.75, 3.05) is 26.7 Å². The number of hydrogen-bond acceptors (Lipinski definition) is 3. The van der Waals surface area contributed by atoms with Gasteiger partial charge in [-0.05, 0) is 6.92 Å². The summed E-state index contributed by atoms with van der Waals surface area (Å²) in [5.41, 5.74) is 0. The minimum atomic E-state index is -0.611. The molecule has 0 fully saturated rings. The van der Waals surface area contributed by atoms with E-state index in [9.17, 15) is 4.21 Å². The van der Waals surface area contributed by atoms with Crippen LogP contribution in [0.25, 0.3) is 0 Å². The minimum Gasteiger partial charge on any atom is -0.356 e. The van der Waals surface area contributed by atoms with Crippen molar-refractivity contribution in [3.05, 3.63) is 0 Å². The monoisotopic (exact) mass is 168 g/mol. The van der Waals surface area contributed by atoms with Gasteiger partial charge in [-0.15, -0.1) is 0 Å². The Morgan fingerprint density at radius 1 is 1.20 bits per heavy atom. The Kier molecular flexibility index (Phi) is 11.5. The molecule has 4 heteroatoms. The summed E-state index contributed by atoms with van der Waals surface area (Å²) in [5, 5.41) is 0. The van der Waals surface area contributed by atoms with Crippen LogP contribution in [0.5, 0.6) is 0 Å². The average Bonchev–Trinajstić information content (AvgIpc) is 1.85. The van der Waals surface area contributed by atoms with Crippen molar-refractivity contribution in [3.63, 3.8) is 0 Å². The molecule has 0 aliphatic rings. The van der Waals surface area contributed by atoms with Gasteiger partial charge in [-0.2, -0.15) is 0 Å². The number of ether oxygens (including phenoxy) is 2. The van der Waals surface area contributed by atoms with Crippen molar-refractivity contribution < 1.29 is 13.7 Å². The van der Waals surface area contributed by atoms with Gasteiger partial charge in [0.2, 0.25) is 0 Å². The van der Waals surface area contributed by atoms with Crippen molar-refractivity contribution in [1.29, 1.82) is 0 Å². The Labute approximate surface area is 65.2 Å². The normalized spacial score (nSPS) is 9.50. The third-order valence-corrected chi connectivity index (χ3v) is 0.664. The zero-order valence-corrected chi connectivity index (χ0v) is 8.03. The lowest BCUT2D eigenvalue weighted by atomic mass is 10.8. The van der Waals surface area contributed by atoms with Crippen LogP contribution in [-0.2, 0) is 20.3 Å². The van der Waals surface area contributed by atoms with Gasteiger partial charge < -0.3 is 9.47 Å². The van der Waals surface area contributed by atoms with E-state index in [0.29, 0.717) is 0 Å². The van der Waals surface area contributed by atoms with Crippen molar-refractivity contribution in [3.8, 4) is 0 Å². The van der Waals surface area contributed by atoms with Crippen LogP contribution in [0.1, 0.15) is 6.92 Å². The van der Waals surface area contributed by atoms with E-state index in [1.54, 1.807) is 26.7 Å². The number of hydrogen-bond donors (Lipinski definition) is 0. The Morgan fingerprint density at radius 2 is 1.40 bits per heavy atom. The highest BCUT2D eigenvalue weighted by molar-refractivity contribution is 7.83. The molecule has 0 aromatic carbocycles. The van der Waals surface area contributed by atoms with Gasteiger partial charge in [-0.1, -0.05) is 0 Å². The SMILES string of the molecule is COC(C)OC.CS(C)=O. The predicted octanol–water partition coefficient (Wildman–Crippen LogP) is 0.620. The molecule has 0 heterocycles. The van der Waals surface area contributed by atoms with Crippen LogP contribution in [0, 0.1) is 0 Å². The van der Waals surface area contributed by atoms with Gasteiger partial charge in [0.05, 0.1) is 0 Å². The van der Waals surface area contributed by atoms with Gasteiger partial charge in [0, 0.05) is 37.5 Å². The highest BCUT2D eigenvalue weighted by atomic mass is 32.2. The van der Waals surface area contributed by atoms with Crippen LogP contribution in [0.4, 0.5) is 0 Å². The van der Waals surface area contributed by atoms with Gasteiger partial charge in [-0.3, -0.25) is 4.21 Å². The van der Waals surface area contributed by atoms with Gasteiger partial charge in [0.25, 0.3) is 0 Å². The first-order chi connectivity index (χ1) is 4.54. The molecule has 10 heavy (non-hydrogen) atoms. The van der Waals surface area contributed by atoms with Crippen LogP contribution in [0.15, 0.2) is 0 Å². The van der Waals surface area contributed by atoms with Gasteiger partial charge >= 0.3 is 0 Å². The van der Waals surface area contributed by atoms with Crippen LogP contribution >= 0.6 is 0 Å². The van der Waals surface area contributed by atoms with Crippen LogP contribution in [0.3, 0.4) is 0 Å². The molecular weight excluding hydrogens is 152 g/mol. The van der Waals surface area contributed by atoms with Crippen molar-refractivity contribution in [1.82, 2.24) is 0 Å². The highest BCUT2D eigenvalue weighted by Crippen LogP contribution is 1.82. The fourth-order valence-electron chi connectivity index (χ4n) is 0.0962. The molecule has 0 unspecified atom stereocenters. The summed E-state index contributed by atoms with van der Waals surface area (Å²) in [6.07, 6.45) is 3.21. The zero-order valence-electron chi connectivity index (χ0n) is 7.21. The Bertz CT molecular complexity index is 77.1. The highest BCUT2D eigenvalue weighted by Gasteiger charge is 1.87. The summed E-state index contributed by atoms with van der Waals surface area (Å²) >= 11 is 0. The number of rotatable bonds is 2. The number of methoxy groups -OCH3 is 2. The first-order valence-corrected chi connectivity index (χ1v) is 4.81. The largest absolute Gasteiger partial charge is 0.356 e. The Hall–Kier alpha value is 0.0700. The van der Waals surface area contributed by atoms with E-state index in [2.05, 4.69) is 9.47 Å². The third kappa shape index (κ3) is 24.4. The molecule has 0 rings (SSSR count). The predicted molar refractivity (Wildman–Crippen MR) is 43.5 cm³/mol. The fourth-order valence-corrected chi connectivity index (χ4v) is 0.0962. The molecule has 0 amide bonds. The lowest BCUT2D eigenvalue weighted by Gasteiger charge is -2.03. The van der Waals surface area contributed by atoms with Crippen LogP contribution in [0.2, 0.25) is 0 Å². The molecule has 0 bridgehead atoms. The summed E-state index contributed by atoms with van der Waals surface area (Å²) in [5.74, 6) is 0.